The molecule has 3 N–H and O–H groups in total. The number of halogens is 4. The Balaban J connectivity index is 0.00000146. The van der Waals surface area contributed by atoms with Gasteiger partial charge in [0, 0.05) is 29.8 Å². The summed E-state index contributed by atoms with van der Waals surface area (Å²) in [7, 11) is 0. The maximum Gasteiger partial charge on any atom is 0.416 e. The molecule has 1 atom stereocenters. The zero-order valence-corrected chi connectivity index (χ0v) is 24.9. The Morgan fingerprint density at radius 2 is 1.70 bits per heavy atom. The van der Waals surface area contributed by atoms with Crippen LogP contribution in [0.5, 0.6) is 0 Å². The zero-order valence-electron chi connectivity index (χ0n) is 24.9. The van der Waals surface area contributed by atoms with Gasteiger partial charge in [-0.3, -0.25) is 0 Å². The fourth-order valence-corrected chi connectivity index (χ4v) is 3.71. The normalized spacial score (nSPS) is 16.5. The van der Waals surface area contributed by atoms with E-state index in [-0.39, 0.29) is 12.0 Å². The van der Waals surface area contributed by atoms with Gasteiger partial charge in [-0.2, -0.15) is 13.2 Å². The lowest BCUT2D eigenvalue weighted by Gasteiger charge is -2.40. The second kappa shape index (κ2) is 15.5. The van der Waals surface area contributed by atoms with E-state index in [1.54, 1.807) is 51.2 Å². The molecule has 1 aromatic rings. The van der Waals surface area contributed by atoms with E-state index in [1.807, 2.05) is 27.7 Å². The molecule has 222 valence electrons. The van der Waals surface area contributed by atoms with E-state index in [9.17, 15) is 18.0 Å². The molecule has 1 aromatic carbocycles. The van der Waals surface area contributed by atoms with E-state index in [4.69, 9.17) is 0 Å². The Kier molecular flexibility index (Phi) is 13.4. The molecule has 1 aliphatic carbocycles. The van der Waals surface area contributed by atoms with Crippen LogP contribution in [0, 0.1) is 5.82 Å². The van der Waals surface area contributed by atoms with Crippen molar-refractivity contribution < 1.29 is 22.4 Å². The number of alkyl halides is 3. The fraction of sp³-hybridized carbons (Fsp3) is 0.469. The van der Waals surface area contributed by atoms with E-state index in [2.05, 4.69) is 22.5 Å². The van der Waals surface area contributed by atoms with Crippen LogP contribution >= 0.6 is 0 Å². The lowest BCUT2D eigenvalue weighted by molar-refractivity contribution is -0.137. The van der Waals surface area contributed by atoms with Crippen LogP contribution in [0.2, 0.25) is 0 Å². The Morgan fingerprint density at radius 1 is 1.07 bits per heavy atom. The summed E-state index contributed by atoms with van der Waals surface area (Å²) in [6, 6.07) is 1.58. The van der Waals surface area contributed by atoms with Crippen LogP contribution in [0.25, 0.3) is 0 Å². The maximum absolute atomic E-state index is 15.4. The lowest BCUT2D eigenvalue weighted by atomic mass is 9.78. The molecule has 0 spiro atoms. The average Bonchev–Trinajstić information content (AvgIpc) is 3.76. The summed E-state index contributed by atoms with van der Waals surface area (Å²) in [6.45, 7) is 17.2. The lowest BCUT2D eigenvalue weighted by Crippen LogP contribution is -2.57. The van der Waals surface area contributed by atoms with Crippen molar-refractivity contribution in [3.8, 4) is 0 Å². The van der Waals surface area contributed by atoms with Gasteiger partial charge in [0.15, 0.2) is 0 Å². The van der Waals surface area contributed by atoms with Crippen LogP contribution in [0.15, 0.2) is 78.1 Å². The zero-order chi connectivity index (χ0) is 30.6. The van der Waals surface area contributed by atoms with Gasteiger partial charge in [-0.15, -0.1) is 0 Å². The van der Waals surface area contributed by atoms with Crippen molar-refractivity contribution in [1.82, 2.24) is 16.0 Å². The Bertz CT molecular complexity index is 1120. The third-order valence-corrected chi connectivity index (χ3v) is 5.71. The van der Waals surface area contributed by atoms with E-state index in [0.717, 1.165) is 17.7 Å². The van der Waals surface area contributed by atoms with Gasteiger partial charge in [0.1, 0.15) is 11.4 Å². The quantitative estimate of drug-likeness (QED) is 0.229. The Hall–Kier alpha value is -3.29. The smallest absolute Gasteiger partial charge is 0.382 e. The van der Waals surface area contributed by atoms with E-state index in [0.29, 0.717) is 23.9 Å². The number of carbonyl (C=O) groups is 1. The summed E-state index contributed by atoms with van der Waals surface area (Å²) in [5.74, 6) is -0.877. The van der Waals surface area contributed by atoms with Crippen molar-refractivity contribution in [3.05, 3.63) is 95.0 Å². The number of dihydropyridines is 1. The second-order valence-corrected chi connectivity index (χ2v) is 10.6. The molecule has 1 heterocycles. The summed E-state index contributed by atoms with van der Waals surface area (Å²) in [4.78, 5) is 13.1. The van der Waals surface area contributed by atoms with E-state index >= 15 is 4.39 Å². The van der Waals surface area contributed by atoms with Crippen LogP contribution in [0.1, 0.15) is 85.3 Å². The molecule has 1 unspecified atom stereocenters. The number of hydrogen-bond acceptors (Lipinski definition) is 2. The van der Waals surface area contributed by atoms with Gasteiger partial charge in [0.2, 0.25) is 0 Å². The van der Waals surface area contributed by atoms with Crippen LogP contribution in [-0.2, 0) is 11.7 Å². The molecule has 1 saturated carbocycles. The molecule has 40 heavy (non-hydrogen) atoms. The van der Waals surface area contributed by atoms with E-state index < -0.39 is 34.7 Å². The molecule has 2 aliphatic rings. The topological polar surface area (TPSA) is 53.2 Å². The minimum absolute atomic E-state index is 0.0532. The highest BCUT2D eigenvalue weighted by Crippen LogP contribution is 2.40. The predicted octanol–water partition coefficient (Wildman–Crippen LogP) is 8.85. The molecule has 0 aromatic heterocycles. The monoisotopic (exact) mass is 563 g/mol. The first-order valence-corrected chi connectivity index (χ1v) is 13.8. The van der Waals surface area contributed by atoms with Gasteiger partial charge >= 0.3 is 12.2 Å². The third-order valence-electron chi connectivity index (χ3n) is 5.71. The second-order valence-electron chi connectivity index (χ2n) is 10.6. The van der Waals surface area contributed by atoms with Gasteiger partial charge in [0.25, 0.3) is 0 Å². The molecule has 4 nitrogen and oxygen atoms in total. The number of hydrogen-bond donors (Lipinski definition) is 3. The molecule has 2 amide bonds. The first-order valence-electron chi connectivity index (χ1n) is 13.8. The Morgan fingerprint density at radius 3 is 2.15 bits per heavy atom. The average molecular weight is 564 g/mol. The first kappa shape index (κ1) is 34.7. The number of nitrogens with one attached hydrogen (secondary N) is 3. The highest BCUT2D eigenvalue weighted by Gasteiger charge is 2.43. The predicted molar refractivity (Wildman–Crippen MR) is 157 cm³/mol. The highest BCUT2D eigenvalue weighted by molar-refractivity contribution is 5.77. The molecule has 0 radical (unpaired) electrons. The molecule has 3 rings (SSSR count). The summed E-state index contributed by atoms with van der Waals surface area (Å²) in [6.07, 6.45) is 9.98. The Labute approximate surface area is 237 Å². The summed E-state index contributed by atoms with van der Waals surface area (Å²) in [5, 5.41) is 8.76. The minimum Gasteiger partial charge on any atom is -0.382 e. The van der Waals surface area contributed by atoms with Gasteiger partial charge < -0.3 is 16.0 Å². The minimum atomic E-state index is -4.70. The fourth-order valence-electron chi connectivity index (χ4n) is 3.71. The van der Waals surface area contributed by atoms with E-state index in [1.165, 1.54) is 25.3 Å². The SMILES string of the molecule is C1CC1.C=C/C(=C\C=C/C)CC(NC(=O)NC(C)(C)C)(C1=CC=C(C)CN1)c1cc(C(F)(F)F)ccc1F.CC. The summed E-state index contributed by atoms with van der Waals surface area (Å²) < 4.78 is 56.4. The van der Waals surface area contributed by atoms with Crippen LogP contribution in [0.4, 0.5) is 22.4 Å². The van der Waals surface area contributed by atoms with Crippen molar-refractivity contribution in [3.63, 3.8) is 0 Å². The molecule has 1 aliphatic heterocycles. The van der Waals surface area contributed by atoms with Gasteiger partial charge in [-0.25, -0.2) is 9.18 Å². The van der Waals surface area contributed by atoms with Crippen molar-refractivity contribution in [2.24, 2.45) is 0 Å². The number of allylic oxidation sites excluding steroid dienone is 6. The van der Waals surface area contributed by atoms with Crippen molar-refractivity contribution in [2.75, 3.05) is 6.54 Å². The maximum atomic E-state index is 15.4. The van der Waals surface area contributed by atoms with Gasteiger partial charge in [0.05, 0.1) is 5.56 Å². The molecule has 1 fully saturated rings. The van der Waals surface area contributed by atoms with Crippen LogP contribution < -0.4 is 16.0 Å². The number of urea groups is 1. The number of amides is 2. The van der Waals surface area contributed by atoms with Crippen molar-refractivity contribution in [2.45, 2.75) is 91.4 Å². The molecular weight excluding hydrogens is 518 g/mol. The molecule has 0 saturated heterocycles. The van der Waals surface area contributed by atoms with Crippen molar-refractivity contribution >= 4 is 6.03 Å². The van der Waals surface area contributed by atoms with Gasteiger partial charge in [-0.05, 0) is 64.5 Å². The molecule has 0 bridgehead atoms. The molecule has 8 heteroatoms. The van der Waals surface area contributed by atoms with Crippen LogP contribution in [0.3, 0.4) is 0 Å². The molecular formula is C32H45F4N3O. The first-order chi connectivity index (χ1) is 18.7. The number of benzene rings is 1. The largest absolute Gasteiger partial charge is 0.416 e. The van der Waals surface area contributed by atoms with Gasteiger partial charge in [-0.1, -0.05) is 75.6 Å². The third kappa shape index (κ3) is 11.1. The van der Waals surface area contributed by atoms with Crippen LogP contribution in [-0.4, -0.2) is 18.1 Å². The summed E-state index contributed by atoms with van der Waals surface area (Å²) in [5.41, 5.74) is -1.74. The standard InChI is InChI=1S/C27H33F4N3O.C3H6.C2H6/c1-7-9-10-19(8-2)16-26(23-14-11-18(3)17-32-23,34-24(35)33-25(4,5)6)21-15-20(27(29,30)31)12-13-22(21)28;1-2-3-1;1-2/h7-15,32H,2,16-17H2,1,3-6H3,(H2,33,34,35);1-3H2;1-2H3/b9-7-,19-10+;;. The number of carbonyl (C=O) groups excluding carboxylic acids is 1. The number of rotatable bonds is 7. The highest BCUT2D eigenvalue weighted by atomic mass is 19.4. The van der Waals surface area contributed by atoms with Crippen molar-refractivity contribution in [1.29, 1.82) is 0 Å². The summed E-state index contributed by atoms with van der Waals surface area (Å²) >= 11 is 0.